The molecular formula is C14H10Cl2O2. The second kappa shape index (κ2) is 5.42. The zero-order valence-electron chi connectivity index (χ0n) is 9.61. The minimum absolute atomic E-state index is 0.162. The minimum Gasteiger partial charge on any atom is -0.495 e. The van der Waals surface area contributed by atoms with Gasteiger partial charge in [0, 0.05) is 17.2 Å². The van der Waals surface area contributed by atoms with Gasteiger partial charge in [0.25, 0.3) is 0 Å². The van der Waals surface area contributed by atoms with Crippen LogP contribution in [0, 0.1) is 0 Å². The van der Waals surface area contributed by atoms with Gasteiger partial charge < -0.3 is 4.74 Å². The topological polar surface area (TPSA) is 26.3 Å². The number of hydrogen-bond acceptors (Lipinski definition) is 2. The summed E-state index contributed by atoms with van der Waals surface area (Å²) >= 11 is 12.1. The summed E-state index contributed by atoms with van der Waals surface area (Å²) in [5.41, 5.74) is 0.939. The Morgan fingerprint density at radius 2 is 1.72 bits per heavy atom. The maximum atomic E-state index is 12.2. The number of rotatable bonds is 3. The van der Waals surface area contributed by atoms with Gasteiger partial charge in [-0.3, -0.25) is 4.79 Å². The Balaban J connectivity index is 2.46. The predicted octanol–water partition coefficient (Wildman–Crippen LogP) is 4.23. The first kappa shape index (κ1) is 12.9. The molecule has 0 saturated heterocycles. The Morgan fingerprint density at radius 3 is 2.33 bits per heavy atom. The molecule has 0 saturated carbocycles. The second-order valence-corrected chi connectivity index (χ2v) is 4.48. The monoisotopic (exact) mass is 280 g/mol. The Hall–Kier alpha value is -1.51. The van der Waals surface area contributed by atoms with Gasteiger partial charge in [0.2, 0.25) is 0 Å². The fraction of sp³-hybridized carbons (Fsp3) is 0.0714. The third-order valence-electron chi connectivity index (χ3n) is 2.52. The zero-order chi connectivity index (χ0) is 13.1. The quantitative estimate of drug-likeness (QED) is 0.787. The van der Waals surface area contributed by atoms with Crippen LogP contribution in [0.15, 0.2) is 42.5 Å². The molecule has 0 atom stereocenters. The van der Waals surface area contributed by atoms with E-state index in [9.17, 15) is 4.79 Å². The normalized spacial score (nSPS) is 10.2. The van der Waals surface area contributed by atoms with Crippen LogP contribution in [0.2, 0.25) is 10.0 Å². The number of hydrogen-bond donors (Lipinski definition) is 0. The molecule has 2 aromatic rings. The van der Waals surface area contributed by atoms with Crippen LogP contribution in [0.4, 0.5) is 0 Å². The first-order valence-corrected chi connectivity index (χ1v) is 6.02. The van der Waals surface area contributed by atoms with Crippen LogP contribution in [0.25, 0.3) is 0 Å². The second-order valence-electron chi connectivity index (χ2n) is 3.66. The van der Waals surface area contributed by atoms with Crippen molar-refractivity contribution < 1.29 is 9.53 Å². The summed E-state index contributed by atoms with van der Waals surface area (Å²) in [5.74, 6) is 0.288. The molecule has 0 bridgehead atoms. The summed E-state index contributed by atoms with van der Waals surface area (Å²) in [5, 5.41) is 0.686. The summed E-state index contributed by atoms with van der Waals surface area (Å²) in [4.78, 5) is 12.2. The first-order chi connectivity index (χ1) is 8.63. The molecule has 92 valence electrons. The summed E-state index contributed by atoms with van der Waals surface area (Å²) in [6.07, 6.45) is 0. The average molecular weight is 281 g/mol. The van der Waals surface area contributed by atoms with Crippen molar-refractivity contribution in [3.05, 3.63) is 63.6 Å². The lowest BCUT2D eigenvalue weighted by Crippen LogP contribution is -2.02. The molecule has 0 radical (unpaired) electrons. The van der Waals surface area contributed by atoms with E-state index in [0.29, 0.717) is 26.9 Å². The third kappa shape index (κ3) is 2.50. The van der Waals surface area contributed by atoms with Gasteiger partial charge >= 0.3 is 0 Å². The number of carbonyl (C=O) groups is 1. The Morgan fingerprint density at radius 1 is 1.06 bits per heavy atom. The Labute approximate surface area is 115 Å². The molecule has 0 fully saturated rings. The molecule has 0 unspecified atom stereocenters. The van der Waals surface area contributed by atoms with Gasteiger partial charge in [0.1, 0.15) is 5.75 Å². The van der Waals surface area contributed by atoms with Gasteiger partial charge in [-0.15, -0.1) is 0 Å². The van der Waals surface area contributed by atoms with Crippen molar-refractivity contribution in [1.29, 1.82) is 0 Å². The number of halogens is 2. The molecule has 0 aliphatic carbocycles. The van der Waals surface area contributed by atoms with Crippen LogP contribution in [0.5, 0.6) is 5.75 Å². The highest BCUT2D eigenvalue weighted by atomic mass is 35.5. The standard InChI is InChI=1S/C14H10Cl2O2/c1-18-13-8-11(15)10(7-12(13)16)14(17)9-5-3-2-4-6-9/h2-8H,1H3. The van der Waals surface area contributed by atoms with E-state index in [1.807, 2.05) is 6.07 Å². The van der Waals surface area contributed by atoms with E-state index in [1.54, 1.807) is 30.3 Å². The van der Waals surface area contributed by atoms with Crippen LogP contribution < -0.4 is 4.74 Å². The molecule has 2 nitrogen and oxygen atoms in total. The molecule has 0 aromatic heterocycles. The van der Waals surface area contributed by atoms with Crippen LogP contribution in [-0.4, -0.2) is 12.9 Å². The van der Waals surface area contributed by atoms with Crippen LogP contribution in [0.3, 0.4) is 0 Å². The lowest BCUT2D eigenvalue weighted by molar-refractivity contribution is 0.103. The maximum Gasteiger partial charge on any atom is 0.194 e. The van der Waals surface area contributed by atoms with Gasteiger partial charge in [-0.05, 0) is 6.07 Å². The van der Waals surface area contributed by atoms with Crippen molar-refractivity contribution in [1.82, 2.24) is 0 Å². The van der Waals surface area contributed by atoms with E-state index >= 15 is 0 Å². The van der Waals surface area contributed by atoms with E-state index in [0.717, 1.165) is 0 Å². The summed E-state index contributed by atoms with van der Waals surface area (Å²) < 4.78 is 5.04. The van der Waals surface area contributed by atoms with E-state index in [2.05, 4.69) is 0 Å². The van der Waals surface area contributed by atoms with Gasteiger partial charge in [0.05, 0.1) is 17.2 Å². The molecular weight excluding hydrogens is 271 g/mol. The molecule has 0 aliphatic heterocycles. The minimum atomic E-state index is -0.162. The Kier molecular flexibility index (Phi) is 3.90. The lowest BCUT2D eigenvalue weighted by atomic mass is 10.0. The van der Waals surface area contributed by atoms with Crippen molar-refractivity contribution in [3.8, 4) is 5.75 Å². The fourth-order valence-corrected chi connectivity index (χ4v) is 2.08. The van der Waals surface area contributed by atoms with Gasteiger partial charge in [-0.2, -0.15) is 0 Å². The third-order valence-corrected chi connectivity index (χ3v) is 3.13. The highest BCUT2D eigenvalue weighted by Gasteiger charge is 2.15. The van der Waals surface area contributed by atoms with E-state index in [-0.39, 0.29) is 5.78 Å². The summed E-state index contributed by atoms with van der Waals surface area (Å²) in [6, 6.07) is 12.0. The number of ketones is 1. The Bertz CT molecular complexity index is 580. The SMILES string of the molecule is COc1cc(Cl)c(C(=O)c2ccccc2)cc1Cl. The number of methoxy groups -OCH3 is 1. The maximum absolute atomic E-state index is 12.2. The highest BCUT2D eigenvalue weighted by Crippen LogP contribution is 2.32. The molecule has 18 heavy (non-hydrogen) atoms. The van der Waals surface area contributed by atoms with Crippen molar-refractivity contribution in [2.24, 2.45) is 0 Å². The predicted molar refractivity (Wildman–Crippen MR) is 72.9 cm³/mol. The number of ether oxygens (including phenoxy) is 1. The molecule has 0 spiro atoms. The van der Waals surface area contributed by atoms with E-state index in [4.69, 9.17) is 27.9 Å². The van der Waals surface area contributed by atoms with Crippen LogP contribution in [-0.2, 0) is 0 Å². The molecule has 0 N–H and O–H groups in total. The van der Waals surface area contributed by atoms with E-state index in [1.165, 1.54) is 13.2 Å². The number of carbonyl (C=O) groups excluding carboxylic acids is 1. The fourth-order valence-electron chi connectivity index (χ4n) is 1.60. The largest absolute Gasteiger partial charge is 0.495 e. The van der Waals surface area contributed by atoms with Gasteiger partial charge in [-0.25, -0.2) is 0 Å². The molecule has 0 amide bonds. The van der Waals surface area contributed by atoms with Crippen LogP contribution in [0.1, 0.15) is 15.9 Å². The van der Waals surface area contributed by atoms with Gasteiger partial charge in [-0.1, -0.05) is 53.5 Å². The first-order valence-electron chi connectivity index (χ1n) is 5.26. The number of benzene rings is 2. The van der Waals surface area contributed by atoms with Crippen molar-refractivity contribution in [2.75, 3.05) is 7.11 Å². The molecule has 4 heteroatoms. The molecule has 2 rings (SSSR count). The van der Waals surface area contributed by atoms with Crippen molar-refractivity contribution in [3.63, 3.8) is 0 Å². The summed E-state index contributed by atoms with van der Waals surface area (Å²) in [7, 11) is 1.50. The molecule has 0 heterocycles. The molecule has 2 aromatic carbocycles. The van der Waals surface area contributed by atoms with Gasteiger partial charge in [0.15, 0.2) is 5.78 Å². The summed E-state index contributed by atoms with van der Waals surface area (Å²) in [6.45, 7) is 0. The highest BCUT2D eigenvalue weighted by molar-refractivity contribution is 6.37. The zero-order valence-corrected chi connectivity index (χ0v) is 11.1. The van der Waals surface area contributed by atoms with Crippen LogP contribution >= 0.6 is 23.2 Å². The lowest BCUT2D eigenvalue weighted by Gasteiger charge is -2.08. The smallest absolute Gasteiger partial charge is 0.194 e. The molecule has 0 aliphatic rings. The van der Waals surface area contributed by atoms with Crippen molar-refractivity contribution in [2.45, 2.75) is 0 Å². The average Bonchev–Trinajstić information content (AvgIpc) is 2.41. The van der Waals surface area contributed by atoms with E-state index < -0.39 is 0 Å². The van der Waals surface area contributed by atoms with Crippen molar-refractivity contribution >= 4 is 29.0 Å².